The third kappa shape index (κ3) is 4.00. The maximum absolute atomic E-state index is 6.31. The number of aryl methyl sites for hydroxylation is 1. The third-order valence-electron chi connectivity index (χ3n) is 3.93. The molecule has 128 valence electrons. The van der Waals surface area contributed by atoms with E-state index in [0.717, 1.165) is 11.3 Å². The molecule has 0 aliphatic carbocycles. The van der Waals surface area contributed by atoms with Crippen LogP contribution < -0.4 is 16.0 Å². The van der Waals surface area contributed by atoms with Crippen LogP contribution in [0.1, 0.15) is 11.1 Å². The van der Waals surface area contributed by atoms with Gasteiger partial charge in [-0.25, -0.2) is 9.97 Å². The number of benzene rings is 2. The molecule has 0 saturated carbocycles. The smallest absolute Gasteiger partial charge is 0.159 e. The third-order valence-corrected chi connectivity index (χ3v) is 4.16. The van der Waals surface area contributed by atoms with Gasteiger partial charge in [0, 0.05) is 24.3 Å². The van der Waals surface area contributed by atoms with Crippen LogP contribution in [0.5, 0.6) is 0 Å². The van der Waals surface area contributed by atoms with Crippen molar-refractivity contribution in [3.63, 3.8) is 0 Å². The summed E-state index contributed by atoms with van der Waals surface area (Å²) in [7, 11) is 1.96. The first kappa shape index (κ1) is 17.0. The van der Waals surface area contributed by atoms with Gasteiger partial charge in [0.1, 0.15) is 12.0 Å². The Kier molecular flexibility index (Phi) is 5.05. The lowest BCUT2D eigenvalue weighted by atomic mass is 10.2. The number of halogens is 1. The van der Waals surface area contributed by atoms with Gasteiger partial charge in [0.15, 0.2) is 11.6 Å². The summed E-state index contributed by atoms with van der Waals surface area (Å²) in [4.78, 5) is 10.6. The summed E-state index contributed by atoms with van der Waals surface area (Å²) in [5, 5.41) is 3.96. The van der Waals surface area contributed by atoms with Crippen molar-refractivity contribution in [3.05, 3.63) is 71.0 Å². The van der Waals surface area contributed by atoms with Crippen molar-refractivity contribution in [2.45, 2.75) is 13.5 Å². The molecular weight excluding hydrogens is 334 g/mol. The maximum atomic E-state index is 6.31. The highest BCUT2D eigenvalue weighted by atomic mass is 35.5. The molecule has 0 aliphatic rings. The van der Waals surface area contributed by atoms with Gasteiger partial charge in [0.2, 0.25) is 0 Å². The predicted octanol–water partition coefficient (Wildman–Crippen LogP) is 4.40. The summed E-state index contributed by atoms with van der Waals surface area (Å²) in [6, 6.07) is 15.8. The average molecular weight is 354 g/mol. The van der Waals surface area contributed by atoms with Crippen LogP contribution in [-0.4, -0.2) is 17.0 Å². The standard InChI is InChI=1S/C19H20ClN5/c1-13-10-15(20)8-9-16(13)24-18-17(21)19(23-12-22-18)25(2)11-14-6-4-3-5-7-14/h3-10,12H,11,21H2,1-2H3,(H,22,23,24). The molecule has 0 fully saturated rings. The van der Waals surface area contributed by atoms with Crippen LogP contribution in [0.4, 0.5) is 23.0 Å². The lowest BCUT2D eigenvalue weighted by Gasteiger charge is -2.21. The molecule has 0 saturated heterocycles. The first-order valence-electron chi connectivity index (χ1n) is 7.93. The molecule has 3 rings (SSSR count). The van der Waals surface area contributed by atoms with E-state index in [1.165, 1.54) is 11.9 Å². The molecule has 0 radical (unpaired) electrons. The minimum absolute atomic E-state index is 0.510. The number of aromatic nitrogens is 2. The number of hydrogen-bond acceptors (Lipinski definition) is 5. The molecule has 3 aromatic rings. The molecule has 0 aliphatic heterocycles. The Morgan fingerprint density at radius 2 is 1.88 bits per heavy atom. The molecule has 6 heteroatoms. The van der Waals surface area contributed by atoms with Crippen molar-refractivity contribution in [1.82, 2.24) is 9.97 Å². The Bertz CT molecular complexity index is 867. The van der Waals surface area contributed by atoms with Gasteiger partial charge in [-0.1, -0.05) is 41.9 Å². The first-order valence-corrected chi connectivity index (χ1v) is 8.31. The molecule has 5 nitrogen and oxygen atoms in total. The molecule has 0 atom stereocenters. The van der Waals surface area contributed by atoms with E-state index in [4.69, 9.17) is 17.3 Å². The fourth-order valence-corrected chi connectivity index (χ4v) is 2.84. The SMILES string of the molecule is Cc1cc(Cl)ccc1Nc1ncnc(N(C)Cc2ccccc2)c1N. The van der Waals surface area contributed by atoms with Gasteiger partial charge in [-0.3, -0.25) is 0 Å². The highest BCUT2D eigenvalue weighted by molar-refractivity contribution is 6.30. The highest BCUT2D eigenvalue weighted by Crippen LogP contribution is 2.30. The van der Waals surface area contributed by atoms with Crippen LogP contribution in [0, 0.1) is 6.92 Å². The zero-order chi connectivity index (χ0) is 17.8. The zero-order valence-electron chi connectivity index (χ0n) is 14.2. The Hall–Kier alpha value is -2.79. The summed E-state index contributed by atoms with van der Waals surface area (Å²) in [5.41, 5.74) is 9.93. The molecule has 0 unspecified atom stereocenters. The largest absolute Gasteiger partial charge is 0.393 e. The number of nitrogens with one attached hydrogen (secondary N) is 1. The Balaban J connectivity index is 1.84. The van der Waals surface area contributed by atoms with Gasteiger partial charge in [-0.15, -0.1) is 0 Å². The average Bonchev–Trinajstić information content (AvgIpc) is 2.59. The van der Waals surface area contributed by atoms with Crippen LogP contribution in [0.15, 0.2) is 54.9 Å². The van der Waals surface area contributed by atoms with E-state index in [1.807, 2.05) is 55.3 Å². The summed E-state index contributed by atoms with van der Waals surface area (Å²) >= 11 is 6.01. The lowest BCUT2D eigenvalue weighted by Crippen LogP contribution is -2.20. The van der Waals surface area contributed by atoms with Gasteiger partial charge in [0.05, 0.1) is 0 Å². The second kappa shape index (κ2) is 7.40. The number of nitrogen functional groups attached to an aromatic ring is 1. The summed E-state index contributed by atoms with van der Waals surface area (Å²) in [5.74, 6) is 1.27. The van der Waals surface area contributed by atoms with Crippen molar-refractivity contribution in [2.75, 3.05) is 23.0 Å². The van der Waals surface area contributed by atoms with Crippen LogP contribution >= 0.6 is 11.6 Å². The zero-order valence-corrected chi connectivity index (χ0v) is 15.0. The monoisotopic (exact) mass is 353 g/mol. The summed E-state index contributed by atoms with van der Waals surface area (Å²) in [6.07, 6.45) is 1.51. The molecule has 2 aromatic carbocycles. The molecule has 0 spiro atoms. The van der Waals surface area contributed by atoms with Crippen LogP contribution in [0.25, 0.3) is 0 Å². The van der Waals surface area contributed by atoms with Crippen LogP contribution in [0.3, 0.4) is 0 Å². The van der Waals surface area contributed by atoms with Gasteiger partial charge in [0.25, 0.3) is 0 Å². The Labute approximate surface area is 152 Å². The highest BCUT2D eigenvalue weighted by Gasteiger charge is 2.13. The van der Waals surface area contributed by atoms with E-state index in [2.05, 4.69) is 27.4 Å². The van der Waals surface area contributed by atoms with Crippen LogP contribution in [0.2, 0.25) is 5.02 Å². The number of rotatable bonds is 5. The van der Waals surface area contributed by atoms with Crippen molar-refractivity contribution >= 4 is 34.6 Å². The van der Waals surface area contributed by atoms with E-state index < -0.39 is 0 Å². The first-order chi connectivity index (χ1) is 12.0. The maximum Gasteiger partial charge on any atom is 0.159 e. The van der Waals surface area contributed by atoms with E-state index in [1.54, 1.807) is 0 Å². The lowest BCUT2D eigenvalue weighted by molar-refractivity contribution is 0.894. The van der Waals surface area contributed by atoms with Gasteiger partial charge in [-0.2, -0.15) is 0 Å². The Morgan fingerprint density at radius 1 is 1.12 bits per heavy atom. The molecule has 3 N–H and O–H groups in total. The number of nitrogens with zero attached hydrogens (tertiary/aromatic N) is 3. The predicted molar refractivity (Wildman–Crippen MR) is 104 cm³/mol. The van der Waals surface area contributed by atoms with E-state index in [-0.39, 0.29) is 0 Å². The normalized spacial score (nSPS) is 10.5. The molecular formula is C19H20ClN5. The van der Waals surface area contributed by atoms with Crippen molar-refractivity contribution in [2.24, 2.45) is 0 Å². The molecule has 1 aromatic heterocycles. The minimum Gasteiger partial charge on any atom is -0.393 e. The van der Waals surface area contributed by atoms with Crippen molar-refractivity contribution < 1.29 is 0 Å². The van der Waals surface area contributed by atoms with E-state index in [0.29, 0.717) is 28.9 Å². The second-order valence-electron chi connectivity index (χ2n) is 5.89. The van der Waals surface area contributed by atoms with Crippen LogP contribution in [-0.2, 0) is 6.54 Å². The summed E-state index contributed by atoms with van der Waals surface area (Å²) < 4.78 is 0. The number of anilines is 4. The van der Waals surface area contributed by atoms with Gasteiger partial charge < -0.3 is 16.0 Å². The fourth-order valence-electron chi connectivity index (χ4n) is 2.62. The minimum atomic E-state index is 0.510. The second-order valence-corrected chi connectivity index (χ2v) is 6.32. The van der Waals surface area contributed by atoms with Crippen molar-refractivity contribution in [3.8, 4) is 0 Å². The number of hydrogen-bond donors (Lipinski definition) is 2. The topological polar surface area (TPSA) is 67.1 Å². The molecule has 0 bridgehead atoms. The summed E-state index contributed by atoms with van der Waals surface area (Å²) in [6.45, 7) is 2.69. The Morgan fingerprint density at radius 3 is 2.60 bits per heavy atom. The molecule has 0 amide bonds. The quantitative estimate of drug-likeness (QED) is 0.711. The fraction of sp³-hybridized carbons (Fsp3) is 0.158. The van der Waals surface area contributed by atoms with Gasteiger partial charge >= 0.3 is 0 Å². The molecule has 1 heterocycles. The van der Waals surface area contributed by atoms with Gasteiger partial charge in [-0.05, 0) is 36.2 Å². The van der Waals surface area contributed by atoms with E-state index in [9.17, 15) is 0 Å². The van der Waals surface area contributed by atoms with E-state index >= 15 is 0 Å². The number of nitrogens with two attached hydrogens (primary N) is 1. The van der Waals surface area contributed by atoms with Crippen molar-refractivity contribution in [1.29, 1.82) is 0 Å². The molecule has 25 heavy (non-hydrogen) atoms.